The normalized spacial score (nSPS) is 16.4. The first-order chi connectivity index (χ1) is 11.9. The van der Waals surface area contributed by atoms with Crippen molar-refractivity contribution in [3.8, 4) is 5.75 Å². The highest BCUT2D eigenvalue weighted by Gasteiger charge is 2.21. The number of rotatable bonds is 7. The average Bonchev–Trinajstić information content (AvgIpc) is 2.57. The van der Waals surface area contributed by atoms with Crippen molar-refractivity contribution in [1.82, 2.24) is 10.2 Å². The Morgan fingerprint density at radius 1 is 1.28 bits per heavy atom. The van der Waals surface area contributed by atoms with Gasteiger partial charge in [-0.1, -0.05) is 33.8 Å². The van der Waals surface area contributed by atoms with Crippen LogP contribution in [0.3, 0.4) is 0 Å². The molecule has 1 aromatic rings. The van der Waals surface area contributed by atoms with E-state index in [0.29, 0.717) is 18.2 Å². The Morgan fingerprint density at radius 3 is 2.52 bits per heavy atom. The van der Waals surface area contributed by atoms with Gasteiger partial charge in [0.2, 0.25) is 5.91 Å². The van der Waals surface area contributed by atoms with Crippen molar-refractivity contribution < 1.29 is 13.9 Å². The van der Waals surface area contributed by atoms with E-state index in [-0.39, 0.29) is 23.7 Å². The van der Waals surface area contributed by atoms with Crippen LogP contribution in [-0.2, 0) is 4.79 Å². The average molecular weight is 350 g/mol. The molecular formula is C20H31FN2O2. The first kappa shape index (κ1) is 19.7. The largest absolute Gasteiger partial charge is 0.487 e. The Kier molecular flexibility index (Phi) is 7.24. The van der Waals surface area contributed by atoms with Crippen molar-refractivity contribution in [2.24, 2.45) is 5.92 Å². The number of nitrogens with zero attached hydrogens (tertiary/aromatic N) is 1. The molecule has 0 bridgehead atoms. The Morgan fingerprint density at radius 2 is 1.96 bits per heavy atom. The molecule has 0 atom stereocenters. The van der Waals surface area contributed by atoms with Gasteiger partial charge in [0.05, 0.1) is 0 Å². The summed E-state index contributed by atoms with van der Waals surface area (Å²) in [6.07, 6.45) is 1.81. The molecule has 2 rings (SSSR count). The lowest BCUT2D eigenvalue weighted by atomic mass is 10.0. The molecule has 0 unspecified atom stereocenters. The first-order valence-electron chi connectivity index (χ1n) is 9.33. The predicted molar refractivity (Wildman–Crippen MR) is 98.4 cm³/mol. The minimum absolute atomic E-state index is 0.0242. The van der Waals surface area contributed by atoms with E-state index in [2.05, 4.69) is 24.1 Å². The van der Waals surface area contributed by atoms with Crippen LogP contribution < -0.4 is 10.1 Å². The molecule has 0 aliphatic carbocycles. The Balaban J connectivity index is 1.74. The van der Waals surface area contributed by atoms with Crippen LogP contribution in [0.15, 0.2) is 18.2 Å². The van der Waals surface area contributed by atoms with Gasteiger partial charge >= 0.3 is 0 Å². The molecule has 1 aliphatic heterocycles. The van der Waals surface area contributed by atoms with E-state index < -0.39 is 0 Å². The topological polar surface area (TPSA) is 41.6 Å². The fraction of sp³-hybridized carbons (Fsp3) is 0.650. The Labute approximate surface area is 150 Å². The van der Waals surface area contributed by atoms with Crippen LogP contribution in [0.2, 0.25) is 0 Å². The van der Waals surface area contributed by atoms with Crippen LogP contribution in [0.5, 0.6) is 5.75 Å². The fourth-order valence-electron chi connectivity index (χ4n) is 2.94. The maximum absolute atomic E-state index is 14.2. The summed E-state index contributed by atoms with van der Waals surface area (Å²) < 4.78 is 20.0. The van der Waals surface area contributed by atoms with Crippen LogP contribution in [-0.4, -0.2) is 43.1 Å². The van der Waals surface area contributed by atoms with Gasteiger partial charge in [0.25, 0.3) is 0 Å². The number of ether oxygens (including phenoxy) is 1. The van der Waals surface area contributed by atoms with E-state index in [9.17, 15) is 9.18 Å². The lowest BCUT2D eigenvalue weighted by Gasteiger charge is -2.32. The first-order valence-corrected chi connectivity index (χ1v) is 9.33. The molecular weight excluding hydrogens is 319 g/mol. The maximum Gasteiger partial charge on any atom is 0.222 e. The summed E-state index contributed by atoms with van der Waals surface area (Å²) in [6.45, 7) is 11.2. The van der Waals surface area contributed by atoms with Gasteiger partial charge in [-0.05, 0) is 36.5 Å². The highest BCUT2D eigenvalue weighted by Crippen LogP contribution is 2.25. The monoisotopic (exact) mass is 350 g/mol. The number of hydrogen-bond acceptors (Lipinski definition) is 3. The van der Waals surface area contributed by atoms with Crippen LogP contribution in [0.25, 0.3) is 0 Å². The number of benzene rings is 1. The van der Waals surface area contributed by atoms with Gasteiger partial charge in [-0.2, -0.15) is 0 Å². The zero-order valence-electron chi connectivity index (χ0n) is 15.8. The van der Waals surface area contributed by atoms with Gasteiger partial charge in [-0.3, -0.25) is 4.79 Å². The highest BCUT2D eigenvalue weighted by molar-refractivity contribution is 5.77. The highest BCUT2D eigenvalue weighted by atomic mass is 19.1. The molecule has 1 aliphatic rings. The molecule has 1 N–H and O–H groups in total. The minimum Gasteiger partial charge on any atom is -0.487 e. The number of carbonyl (C=O) groups excluding carboxylic acids is 1. The molecule has 1 saturated heterocycles. The summed E-state index contributed by atoms with van der Waals surface area (Å²) in [6, 6.07) is 5.26. The SMILES string of the molecule is CC(C)C(=O)NCCN1CCC(Oc2ccc(C(C)C)cc2F)CC1. The van der Waals surface area contributed by atoms with Crippen LogP contribution in [0, 0.1) is 11.7 Å². The van der Waals surface area contributed by atoms with Crippen molar-refractivity contribution in [3.05, 3.63) is 29.6 Å². The van der Waals surface area contributed by atoms with Gasteiger partial charge in [-0.25, -0.2) is 4.39 Å². The van der Waals surface area contributed by atoms with E-state index >= 15 is 0 Å². The number of nitrogens with one attached hydrogen (secondary N) is 1. The zero-order valence-corrected chi connectivity index (χ0v) is 15.8. The van der Waals surface area contributed by atoms with Gasteiger partial charge in [0.1, 0.15) is 6.10 Å². The maximum atomic E-state index is 14.2. The molecule has 1 heterocycles. The Bertz CT molecular complexity index is 567. The summed E-state index contributed by atoms with van der Waals surface area (Å²) in [5, 5.41) is 2.94. The lowest BCUT2D eigenvalue weighted by molar-refractivity contribution is -0.124. The quantitative estimate of drug-likeness (QED) is 0.817. The second-order valence-electron chi connectivity index (χ2n) is 7.45. The van der Waals surface area contributed by atoms with Crippen LogP contribution >= 0.6 is 0 Å². The van der Waals surface area contributed by atoms with Crippen molar-refractivity contribution >= 4 is 5.91 Å². The van der Waals surface area contributed by atoms with E-state index in [4.69, 9.17) is 4.74 Å². The zero-order chi connectivity index (χ0) is 18.4. The van der Waals surface area contributed by atoms with E-state index in [1.54, 1.807) is 12.1 Å². The van der Waals surface area contributed by atoms with E-state index in [1.807, 2.05) is 19.9 Å². The number of piperidine rings is 1. The standard InChI is InChI=1S/C20H31FN2O2/c1-14(2)16-5-6-19(18(21)13-16)25-17-7-10-23(11-8-17)12-9-22-20(24)15(3)4/h5-6,13-15,17H,7-12H2,1-4H3,(H,22,24). The van der Waals surface area contributed by atoms with Crippen molar-refractivity contribution in [2.45, 2.75) is 52.6 Å². The number of amides is 1. The smallest absolute Gasteiger partial charge is 0.222 e. The minimum atomic E-state index is -0.273. The predicted octanol–water partition coefficient (Wildman–Crippen LogP) is 3.56. The number of likely N-dealkylation sites (tertiary alicyclic amines) is 1. The summed E-state index contributed by atoms with van der Waals surface area (Å²) in [7, 11) is 0. The lowest BCUT2D eigenvalue weighted by Crippen LogP contribution is -2.42. The molecule has 140 valence electrons. The fourth-order valence-corrected chi connectivity index (χ4v) is 2.94. The molecule has 4 nitrogen and oxygen atoms in total. The van der Waals surface area contributed by atoms with Crippen LogP contribution in [0.4, 0.5) is 4.39 Å². The van der Waals surface area contributed by atoms with E-state index in [0.717, 1.165) is 38.0 Å². The summed E-state index contributed by atoms with van der Waals surface area (Å²) in [4.78, 5) is 13.9. The summed E-state index contributed by atoms with van der Waals surface area (Å²) in [5.74, 6) is 0.509. The van der Waals surface area contributed by atoms with E-state index in [1.165, 1.54) is 0 Å². The molecule has 0 spiro atoms. The third kappa shape index (κ3) is 5.99. The third-order valence-electron chi connectivity index (χ3n) is 4.70. The Hall–Kier alpha value is -1.62. The molecule has 1 fully saturated rings. The third-order valence-corrected chi connectivity index (χ3v) is 4.70. The van der Waals surface area contributed by atoms with Gasteiger partial charge in [0.15, 0.2) is 11.6 Å². The van der Waals surface area contributed by atoms with Gasteiger partial charge in [-0.15, -0.1) is 0 Å². The van der Waals surface area contributed by atoms with Gasteiger partial charge in [0, 0.05) is 32.1 Å². The summed E-state index contributed by atoms with van der Waals surface area (Å²) in [5.41, 5.74) is 0.989. The van der Waals surface area contributed by atoms with Crippen molar-refractivity contribution in [1.29, 1.82) is 0 Å². The van der Waals surface area contributed by atoms with Crippen molar-refractivity contribution in [3.63, 3.8) is 0 Å². The second-order valence-corrected chi connectivity index (χ2v) is 7.45. The molecule has 25 heavy (non-hydrogen) atoms. The van der Waals surface area contributed by atoms with Crippen molar-refractivity contribution in [2.75, 3.05) is 26.2 Å². The molecule has 0 aromatic heterocycles. The number of carbonyl (C=O) groups is 1. The molecule has 5 heteroatoms. The molecule has 0 radical (unpaired) electrons. The number of halogens is 1. The molecule has 1 amide bonds. The molecule has 0 saturated carbocycles. The molecule has 1 aromatic carbocycles. The second kappa shape index (κ2) is 9.18. The van der Waals surface area contributed by atoms with Gasteiger partial charge < -0.3 is 15.0 Å². The van der Waals surface area contributed by atoms with Crippen LogP contribution in [0.1, 0.15) is 52.0 Å². The summed E-state index contributed by atoms with van der Waals surface area (Å²) >= 11 is 0. The number of hydrogen-bond donors (Lipinski definition) is 1.